The maximum absolute atomic E-state index is 13.1. The van der Waals surface area contributed by atoms with E-state index in [2.05, 4.69) is 56.9 Å². The van der Waals surface area contributed by atoms with Crippen LogP contribution in [0.15, 0.2) is 30.3 Å². The molecule has 1 aliphatic carbocycles. The van der Waals surface area contributed by atoms with Crippen molar-refractivity contribution in [2.75, 3.05) is 0 Å². The summed E-state index contributed by atoms with van der Waals surface area (Å²) >= 11 is 0. The molecule has 2 heterocycles. The Labute approximate surface area is 145 Å². The van der Waals surface area contributed by atoms with Gasteiger partial charge >= 0.3 is 0 Å². The summed E-state index contributed by atoms with van der Waals surface area (Å²) in [5.74, 6) is 1.55. The quantitative estimate of drug-likeness (QED) is 0.774. The smallest absolute Gasteiger partial charge is 0.228 e. The second kappa shape index (κ2) is 5.59. The average Bonchev–Trinajstić information content (AvgIpc) is 2.79. The van der Waals surface area contributed by atoms with E-state index in [0.29, 0.717) is 5.92 Å². The zero-order valence-corrected chi connectivity index (χ0v) is 15.2. The van der Waals surface area contributed by atoms with Crippen LogP contribution < -0.4 is 0 Å². The molecule has 3 nitrogen and oxygen atoms in total. The highest BCUT2D eigenvalue weighted by Crippen LogP contribution is 2.52. The van der Waals surface area contributed by atoms with Crippen LogP contribution >= 0.6 is 0 Å². The molecule has 1 saturated carbocycles. The topological polar surface area (TPSA) is 29.5 Å². The van der Waals surface area contributed by atoms with Gasteiger partial charge in [-0.25, -0.2) is 0 Å². The summed E-state index contributed by atoms with van der Waals surface area (Å²) in [6.45, 7) is 8.92. The summed E-state index contributed by atoms with van der Waals surface area (Å²) in [5, 5.41) is 0. The first-order chi connectivity index (χ1) is 11.4. The fraction of sp³-hybridized carbons (Fsp3) is 0.667. The maximum atomic E-state index is 13.1. The second-order valence-corrected chi connectivity index (χ2v) is 8.68. The van der Waals surface area contributed by atoms with Gasteiger partial charge in [-0.1, -0.05) is 50.6 Å². The normalized spacial score (nSPS) is 41.0. The summed E-state index contributed by atoms with van der Waals surface area (Å²) in [7, 11) is 0. The van der Waals surface area contributed by atoms with Gasteiger partial charge in [-0.05, 0) is 38.2 Å². The Morgan fingerprint density at radius 1 is 1.12 bits per heavy atom. The fourth-order valence-corrected chi connectivity index (χ4v) is 5.44. The number of nitrogens with zero attached hydrogens (tertiary/aromatic N) is 1. The van der Waals surface area contributed by atoms with Gasteiger partial charge in [-0.3, -0.25) is 4.79 Å². The minimum absolute atomic E-state index is 0.0192. The standard InChI is InChI=1S/C21H29NO2/c1-13-10-11-16-17(12-13)24-20-18(15-8-6-5-7-9-15)14(2)19(23)22(20)21(16,3)4/h5-9,13-14,16-18,20H,10-12H2,1-4H3/t13-,14-,16-,17-,18+,20+/m1/s1. The molecule has 2 saturated heterocycles. The molecule has 4 rings (SSSR count). The highest BCUT2D eigenvalue weighted by molar-refractivity contribution is 5.83. The predicted molar refractivity (Wildman–Crippen MR) is 94.4 cm³/mol. The highest BCUT2D eigenvalue weighted by atomic mass is 16.5. The van der Waals surface area contributed by atoms with Crippen LogP contribution in [-0.2, 0) is 9.53 Å². The van der Waals surface area contributed by atoms with E-state index in [1.54, 1.807) is 0 Å². The Bertz CT molecular complexity index is 626. The minimum Gasteiger partial charge on any atom is -0.354 e. The number of carbonyl (C=O) groups excluding carboxylic acids is 1. The lowest BCUT2D eigenvalue weighted by Gasteiger charge is -2.55. The molecule has 3 heteroatoms. The molecule has 2 aliphatic heterocycles. The molecule has 3 aliphatic rings. The van der Waals surface area contributed by atoms with Gasteiger partial charge in [0.05, 0.1) is 6.10 Å². The zero-order valence-electron chi connectivity index (χ0n) is 15.2. The van der Waals surface area contributed by atoms with Gasteiger partial charge in [-0.15, -0.1) is 0 Å². The number of amides is 1. The van der Waals surface area contributed by atoms with Crippen LogP contribution in [0.4, 0.5) is 0 Å². The lowest BCUT2D eigenvalue weighted by atomic mass is 9.70. The molecule has 24 heavy (non-hydrogen) atoms. The van der Waals surface area contributed by atoms with Crippen LogP contribution in [0, 0.1) is 17.8 Å². The summed E-state index contributed by atoms with van der Waals surface area (Å²) < 4.78 is 6.63. The Morgan fingerprint density at radius 3 is 2.54 bits per heavy atom. The third-order valence-electron chi connectivity index (χ3n) is 6.81. The van der Waals surface area contributed by atoms with Crippen molar-refractivity contribution in [3.63, 3.8) is 0 Å². The van der Waals surface area contributed by atoms with Gasteiger partial charge in [0.1, 0.15) is 6.23 Å². The molecular formula is C21H29NO2. The summed E-state index contributed by atoms with van der Waals surface area (Å²) in [5.41, 5.74) is 1.10. The number of fused-ring (bicyclic) bond motifs is 2. The third kappa shape index (κ3) is 2.24. The van der Waals surface area contributed by atoms with Crippen LogP contribution in [0.25, 0.3) is 0 Å². The van der Waals surface area contributed by atoms with E-state index >= 15 is 0 Å². The van der Waals surface area contributed by atoms with Crippen molar-refractivity contribution < 1.29 is 9.53 Å². The van der Waals surface area contributed by atoms with Crippen molar-refractivity contribution in [3.05, 3.63) is 35.9 Å². The average molecular weight is 327 g/mol. The fourth-order valence-electron chi connectivity index (χ4n) is 5.44. The van der Waals surface area contributed by atoms with Crippen molar-refractivity contribution in [1.82, 2.24) is 4.90 Å². The monoisotopic (exact) mass is 327 g/mol. The number of ether oxygens (including phenoxy) is 1. The molecule has 1 amide bonds. The molecular weight excluding hydrogens is 298 g/mol. The van der Waals surface area contributed by atoms with E-state index in [-0.39, 0.29) is 35.6 Å². The van der Waals surface area contributed by atoms with Crippen molar-refractivity contribution in [1.29, 1.82) is 0 Å². The Kier molecular flexibility index (Phi) is 3.76. The molecule has 0 bridgehead atoms. The largest absolute Gasteiger partial charge is 0.354 e. The van der Waals surface area contributed by atoms with Crippen molar-refractivity contribution in [3.8, 4) is 0 Å². The van der Waals surface area contributed by atoms with Crippen LogP contribution in [-0.4, -0.2) is 28.7 Å². The van der Waals surface area contributed by atoms with E-state index < -0.39 is 0 Å². The van der Waals surface area contributed by atoms with E-state index in [4.69, 9.17) is 4.74 Å². The molecule has 0 radical (unpaired) electrons. The molecule has 0 aromatic heterocycles. The van der Waals surface area contributed by atoms with Crippen LogP contribution in [0.5, 0.6) is 0 Å². The Morgan fingerprint density at radius 2 is 1.83 bits per heavy atom. The Hall–Kier alpha value is -1.35. The van der Waals surface area contributed by atoms with Gasteiger partial charge in [0.2, 0.25) is 5.91 Å². The lowest BCUT2D eigenvalue weighted by Crippen LogP contribution is -2.64. The van der Waals surface area contributed by atoms with Crippen molar-refractivity contribution in [2.45, 2.75) is 70.7 Å². The number of rotatable bonds is 1. The predicted octanol–water partition coefficient (Wildman–Crippen LogP) is 4.19. The number of carbonyl (C=O) groups is 1. The van der Waals surface area contributed by atoms with E-state index in [9.17, 15) is 4.79 Å². The second-order valence-electron chi connectivity index (χ2n) is 8.68. The molecule has 0 spiro atoms. The van der Waals surface area contributed by atoms with E-state index in [0.717, 1.165) is 12.3 Å². The molecule has 0 unspecified atom stereocenters. The van der Waals surface area contributed by atoms with Gasteiger partial charge in [0.25, 0.3) is 0 Å². The molecule has 0 N–H and O–H groups in total. The molecule has 3 fully saturated rings. The number of hydrogen-bond donors (Lipinski definition) is 0. The lowest BCUT2D eigenvalue weighted by molar-refractivity contribution is -0.221. The first-order valence-corrected chi connectivity index (χ1v) is 9.45. The van der Waals surface area contributed by atoms with Gasteiger partial charge in [-0.2, -0.15) is 0 Å². The van der Waals surface area contributed by atoms with Crippen molar-refractivity contribution >= 4 is 5.91 Å². The van der Waals surface area contributed by atoms with Crippen molar-refractivity contribution in [2.24, 2.45) is 17.8 Å². The first-order valence-electron chi connectivity index (χ1n) is 9.45. The van der Waals surface area contributed by atoms with Crippen LogP contribution in [0.1, 0.15) is 58.4 Å². The minimum atomic E-state index is -0.122. The third-order valence-corrected chi connectivity index (χ3v) is 6.81. The number of hydrogen-bond acceptors (Lipinski definition) is 2. The van der Waals surface area contributed by atoms with E-state index in [1.165, 1.54) is 18.4 Å². The first kappa shape index (κ1) is 16.1. The highest BCUT2D eigenvalue weighted by Gasteiger charge is 2.59. The van der Waals surface area contributed by atoms with Gasteiger partial charge in [0, 0.05) is 23.3 Å². The summed E-state index contributed by atoms with van der Waals surface area (Å²) in [6, 6.07) is 10.4. The SMILES string of the molecule is C[C@@H]1CC[C@@H]2[C@@H](C1)O[C@H]1[C@H](c3ccccc3)[C@@H](C)C(=O)N1C2(C)C. The maximum Gasteiger partial charge on any atom is 0.228 e. The van der Waals surface area contributed by atoms with Gasteiger partial charge < -0.3 is 9.64 Å². The summed E-state index contributed by atoms with van der Waals surface area (Å²) in [4.78, 5) is 15.2. The van der Waals surface area contributed by atoms with E-state index in [1.807, 2.05) is 6.07 Å². The van der Waals surface area contributed by atoms with Crippen LogP contribution in [0.3, 0.4) is 0 Å². The molecule has 1 aromatic carbocycles. The summed E-state index contributed by atoms with van der Waals surface area (Å²) in [6.07, 6.45) is 3.71. The number of benzene rings is 1. The zero-order chi connectivity index (χ0) is 17.1. The molecule has 130 valence electrons. The Balaban J connectivity index is 1.74. The molecule has 6 atom stereocenters. The van der Waals surface area contributed by atoms with Gasteiger partial charge in [0.15, 0.2) is 0 Å². The molecule has 1 aromatic rings. The van der Waals surface area contributed by atoms with Crippen LogP contribution in [0.2, 0.25) is 0 Å².